The molecule has 2 aromatic carbocycles. The molecule has 25 heavy (non-hydrogen) atoms. The van der Waals surface area contributed by atoms with Gasteiger partial charge in [0.05, 0.1) is 17.9 Å². The van der Waals surface area contributed by atoms with Crippen molar-refractivity contribution >= 4 is 34.4 Å². The molecule has 1 aromatic heterocycles. The minimum absolute atomic E-state index is 0.293. The van der Waals surface area contributed by atoms with Gasteiger partial charge in [0.2, 0.25) is 5.91 Å². The molecule has 0 radical (unpaired) electrons. The zero-order chi connectivity index (χ0) is 18.0. The lowest BCUT2D eigenvalue weighted by Crippen LogP contribution is -2.22. The van der Waals surface area contributed by atoms with E-state index in [0.717, 1.165) is 34.8 Å². The van der Waals surface area contributed by atoms with E-state index >= 15 is 0 Å². The van der Waals surface area contributed by atoms with Crippen molar-refractivity contribution in [3.05, 3.63) is 48.0 Å². The molecule has 3 rings (SSSR count). The highest BCUT2D eigenvalue weighted by Gasteiger charge is 2.18. The van der Waals surface area contributed by atoms with Gasteiger partial charge >= 0.3 is 0 Å². The molecule has 8 heteroatoms. The van der Waals surface area contributed by atoms with Crippen molar-refractivity contribution in [3.63, 3.8) is 0 Å². The Morgan fingerprint density at radius 2 is 2.04 bits per heavy atom. The number of methoxy groups -OCH3 is 1. The van der Waals surface area contributed by atoms with Gasteiger partial charge in [-0.05, 0) is 37.3 Å². The van der Waals surface area contributed by atoms with Crippen LogP contribution in [0.1, 0.15) is 6.92 Å². The smallest absolute Gasteiger partial charge is 0.238 e. The molecule has 0 spiro atoms. The van der Waals surface area contributed by atoms with Crippen LogP contribution in [0.25, 0.3) is 10.9 Å². The quantitative estimate of drug-likeness (QED) is 0.673. The van der Waals surface area contributed by atoms with Crippen LogP contribution < -0.4 is 10.1 Å². The van der Waals surface area contributed by atoms with Crippen LogP contribution in [0.2, 0.25) is 0 Å². The van der Waals surface area contributed by atoms with Crippen molar-refractivity contribution in [2.24, 2.45) is 0 Å². The summed E-state index contributed by atoms with van der Waals surface area (Å²) in [7, 11) is 1.57. The Morgan fingerprint density at radius 1 is 1.24 bits per heavy atom. The molecule has 0 aliphatic carbocycles. The summed E-state index contributed by atoms with van der Waals surface area (Å²) < 4.78 is 31.4. The van der Waals surface area contributed by atoms with Crippen molar-refractivity contribution in [1.82, 2.24) is 10.2 Å². The first kappa shape index (κ1) is 17.2. The second kappa shape index (κ2) is 7.10. The predicted molar refractivity (Wildman–Crippen MR) is 93.0 cm³/mol. The number of carbonyl (C=O) groups excluding carboxylic acids is 1. The molecule has 5 nitrogen and oxygen atoms in total. The van der Waals surface area contributed by atoms with Crippen molar-refractivity contribution in [2.45, 2.75) is 17.1 Å². The van der Waals surface area contributed by atoms with Gasteiger partial charge in [-0.15, -0.1) is 11.8 Å². The van der Waals surface area contributed by atoms with E-state index < -0.39 is 16.9 Å². The average Bonchev–Trinajstić information content (AvgIpc) is 3.00. The number of hydrogen-bond acceptors (Lipinski definition) is 4. The number of aromatic nitrogens is 2. The van der Waals surface area contributed by atoms with Crippen LogP contribution in [0.15, 0.2) is 41.3 Å². The Balaban J connectivity index is 1.72. The summed E-state index contributed by atoms with van der Waals surface area (Å²) in [5.74, 6) is -1.07. The number of halogens is 2. The van der Waals surface area contributed by atoms with Crippen molar-refractivity contribution in [3.8, 4) is 5.75 Å². The Kier molecular flexibility index (Phi) is 4.89. The molecule has 0 saturated heterocycles. The average molecular weight is 363 g/mol. The Labute approximate surface area is 146 Å². The van der Waals surface area contributed by atoms with Gasteiger partial charge in [-0.25, -0.2) is 8.78 Å². The van der Waals surface area contributed by atoms with Gasteiger partial charge < -0.3 is 10.1 Å². The first-order chi connectivity index (χ1) is 12.0. The Morgan fingerprint density at radius 3 is 2.76 bits per heavy atom. The first-order valence-electron chi connectivity index (χ1n) is 7.42. The molecule has 1 atom stereocenters. The van der Waals surface area contributed by atoms with Gasteiger partial charge in [0.15, 0.2) is 17.5 Å². The van der Waals surface area contributed by atoms with Gasteiger partial charge in [0.25, 0.3) is 0 Å². The molecule has 2 N–H and O–H groups in total. The number of thioether (sulfide) groups is 1. The number of anilines is 1. The normalized spacial score (nSPS) is 12.2. The summed E-state index contributed by atoms with van der Waals surface area (Å²) in [6.45, 7) is 1.68. The van der Waals surface area contributed by atoms with E-state index in [4.69, 9.17) is 4.74 Å². The number of aromatic amines is 1. The zero-order valence-electron chi connectivity index (χ0n) is 13.5. The summed E-state index contributed by atoms with van der Waals surface area (Å²) >= 11 is 1.13. The summed E-state index contributed by atoms with van der Waals surface area (Å²) in [5.41, 5.74) is 0.732. The van der Waals surface area contributed by atoms with Crippen molar-refractivity contribution in [1.29, 1.82) is 0 Å². The molecule has 1 heterocycles. The number of fused-ring (bicyclic) bond motifs is 1. The third-order valence-electron chi connectivity index (χ3n) is 3.58. The van der Waals surface area contributed by atoms with E-state index in [1.807, 2.05) is 0 Å². The summed E-state index contributed by atoms with van der Waals surface area (Å²) in [4.78, 5) is 12.8. The number of amides is 1. The third-order valence-corrected chi connectivity index (χ3v) is 4.68. The summed E-state index contributed by atoms with van der Waals surface area (Å²) in [6.07, 6.45) is 0. The fraction of sp³-hybridized carbons (Fsp3) is 0.176. The molecule has 1 amide bonds. The lowest BCUT2D eigenvalue weighted by molar-refractivity contribution is -0.115. The van der Waals surface area contributed by atoms with Crippen LogP contribution in [0, 0.1) is 11.6 Å². The van der Waals surface area contributed by atoms with Crippen molar-refractivity contribution in [2.75, 3.05) is 12.4 Å². The molecule has 0 saturated carbocycles. The Bertz CT molecular complexity index is 929. The summed E-state index contributed by atoms with van der Waals surface area (Å²) in [6, 6.07) is 8.88. The number of nitrogens with one attached hydrogen (secondary N) is 2. The number of ether oxygens (including phenoxy) is 1. The first-order valence-corrected chi connectivity index (χ1v) is 8.30. The molecule has 1 unspecified atom stereocenters. The lowest BCUT2D eigenvalue weighted by Gasteiger charge is -2.11. The largest absolute Gasteiger partial charge is 0.497 e. The van der Waals surface area contributed by atoms with E-state index in [2.05, 4.69) is 15.5 Å². The zero-order valence-corrected chi connectivity index (χ0v) is 14.3. The minimum Gasteiger partial charge on any atom is -0.497 e. The molecule has 0 aliphatic heterocycles. The van der Waals surface area contributed by atoms with Crippen LogP contribution in [-0.4, -0.2) is 28.5 Å². The van der Waals surface area contributed by atoms with Crippen LogP contribution in [-0.2, 0) is 4.79 Å². The Hall–Kier alpha value is -2.61. The molecular weight excluding hydrogens is 348 g/mol. The van der Waals surface area contributed by atoms with Crippen LogP contribution in [0.5, 0.6) is 5.75 Å². The number of H-pyrrole nitrogens is 1. The van der Waals surface area contributed by atoms with Gasteiger partial charge in [-0.2, -0.15) is 5.10 Å². The van der Waals surface area contributed by atoms with Gasteiger partial charge in [0, 0.05) is 16.3 Å². The van der Waals surface area contributed by atoms with Gasteiger partial charge in [-0.3, -0.25) is 9.89 Å². The lowest BCUT2D eigenvalue weighted by atomic mass is 10.2. The molecule has 3 aromatic rings. The molecule has 0 aliphatic rings. The fourth-order valence-electron chi connectivity index (χ4n) is 2.25. The van der Waals surface area contributed by atoms with E-state index in [1.165, 1.54) is 6.07 Å². The van der Waals surface area contributed by atoms with Gasteiger partial charge in [0.1, 0.15) is 5.75 Å². The topological polar surface area (TPSA) is 67.0 Å². The minimum atomic E-state index is -0.940. The highest BCUT2D eigenvalue weighted by molar-refractivity contribution is 8.00. The SMILES string of the molecule is COc1ccc2c(NC(=O)C(C)Sc3ccc(F)c(F)c3)n[nH]c2c1. The highest BCUT2D eigenvalue weighted by Crippen LogP contribution is 2.28. The number of nitrogens with zero attached hydrogens (tertiary/aromatic N) is 1. The summed E-state index contributed by atoms with van der Waals surface area (Å²) in [5, 5.41) is 9.89. The van der Waals surface area contributed by atoms with E-state index in [0.29, 0.717) is 16.5 Å². The van der Waals surface area contributed by atoms with E-state index in [1.54, 1.807) is 32.2 Å². The highest BCUT2D eigenvalue weighted by atomic mass is 32.2. The molecule has 0 bridgehead atoms. The maximum Gasteiger partial charge on any atom is 0.238 e. The van der Waals surface area contributed by atoms with E-state index in [9.17, 15) is 13.6 Å². The van der Waals surface area contributed by atoms with Crippen LogP contribution in [0.3, 0.4) is 0 Å². The standard InChI is InChI=1S/C17H15F2N3O2S/c1-9(25-11-4-6-13(18)14(19)8-11)17(23)20-16-12-5-3-10(24-2)7-15(12)21-22-16/h3-9H,1-2H3,(H2,20,21,22,23). The molecule has 130 valence electrons. The maximum atomic E-state index is 13.3. The van der Waals surface area contributed by atoms with Crippen LogP contribution in [0.4, 0.5) is 14.6 Å². The fourth-order valence-corrected chi connectivity index (χ4v) is 3.14. The number of carbonyl (C=O) groups is 1. The monoisotopic (exact) mass is 363 g/mol. The van der Waals surface area contributed by atoms with Crippen LogP contribution >= 0.6 is 11.8 Å². The maximum absolute atomic E-state index is 13.3. The second-order valence-electron chi connectivity index (χ2n) is 5.31. The third kappa shape index (κ3) is 3.74. The number of benzene rings is 2. The second-order valence-corrected chi connectivity index (χ2v) is 6.72. The predicted octanol–water partition coefficient (Wildman–Crippen LogP) is 3.97. The van der Waals surface area contributed by atoms with Gasteiger partial charge in [-0.1, -0.05) is 0 Å². The van der Waals surface area contributed by atoms with Crippen molar-refractivity contribution < 1.29 is 18.3 Å². The molecule has 0 fully saturated rings. The number of hydrogen-bond donors (Lipinski definition) is 2. The number of rotatable bonds is 5. The molecular formula is C17H15F2N3O2S. The van der Waals surface area contributed by atoms with E-state index in [-0.39, 0.29) is 5.91 Å².